The number of para-hydroxylation sites is 1. The lowest BCUT2D eigenvalue weighted by Crippen LogP contribution is -1.90. The second-order valence-electron chi connectivity index (χ2n) is 4.33. The van der Waals surface area contributed by atoms with Crippen LogP contribution in [-0.4, -0.2) is 12.2 Å². The van der Waals surface area contributed by atoms with Gasteiger partial charge < -0.3 is 0 Å². The molecular formula is C16H12N2O2. The fourth-order valence-electron chi connectivity index (χ4n) is 2.04. The van der Waals surface area contributed by atoms with Crippen LogP contribution in [0.2, 0.25) is 0 Å². The van der Waals surface area contributed by atoms with Gasteiger partial charge in [0.1, 0.15) is 0 Å². The minimum absolute atomic E-state index is 0.614. The number of hydrogen-bond acceptors (Lipinski definition) is 4. The number of aryl methyl sites for hydroxylation is 1. The smallest absolute Gasteiger partial charge is 0.211 e. The van der Waals surface area contributed by atoms with Crippen molar-refractivity contribution in [1.82, 2.24) is 0 Å². The molecule has 2 aromatic rings. The molecule has 0 aliphatic rings. The zero-order valence-corrected chi connectivity index (χ0v) is 11.0. The first-order valence-electron chi connectivity index (χ1n) is 6.08. The van der Waals surface area contributed by atoms with Crippen LogP contribution in [0.25, 0.3) is 0 Å². The predicted octanol–water partition coefficient (Wildman–Crippen LogP) is 3.52. The van der Waals surface area contributed by atoms with E-state index in [1.165, 1.54) is 6.08 Å². The van der Waals surface area contributed by atoms with Crippen molar-refractivity contribution in [3.05, 3.63) is 59.2 Å². The van der Waals surface area contributed by atoms with Gasteiger partial charge in [-0.1, -0.05) is 30.3 Å². The van der Waals surface area contributed by atoms with Crippen molar-refractivity contribution < 1.29 is 9.59 Å². The monoisotopic (exact) mass is 264 g/mol. The van der Waals surface area contributed by atoms with Crippen LogP contribution in [0, 0.1) is 6.92 Å². The van der Waals surface area contributed by atoms with Gasteiger partial charge in [-0.25, -0.2) is 9.59 Å². The van der Waals surface area contributed by atoms with Crippen LogP contribution in [0.4, 0.5) is 11.4 Å². The van der Waals surface area contributed by atoms with Crippen LogP contribution in [-0.2, 0) is 16.0 Å². The summed E-state index contributed by atoms with van der Waals surface area (Å²) in [6.07, 6.45) is 3.75. The normalized spacial score (nSPS) is 9.45. The zero-order valence-electron chi connectivity index (χ0n) is 11.0. The van der Waals surface area contributed by atoms with Gasteiger partial charge >= 0.3 is 0 Å². The molecule has 0 fully saturated rings. The summed E-state index contributed by atoms with van der Waals surface area (Å²) in [5.41, 5.74) is 4.14. The van der Waals surface area contributed by atoms with E-state index in [9.17, 15) is 9.59 Å². The van der Waals surface area contributed by atoms with Crippen molar-refractivity contribution in [3.63, 3.8) is 0 Å². The molecule has 0 atom stereocenters. The molecule has 0 saturated carbocycles. The van der Waals surface area contributed by atoms with Crippen molar-refractivity contribution in [2.75, 3.05) is 0 Å². The minimum Gasteiger partial charge on any atom is -0.211 e. The number of benzene rings is 2. The van der Waals surface area contributed by atoms with E-state index in [4.69, 9.17) is 0 Å². The van der Waals surface area contributed by atoms with Crippen LogP contribution in [0.15, 0.2) is 52.4 Å². The molecule has 0 aliphatic carbocycles. The van der Waals surface area contributed by atoms with Gasteiger partial charge in [0.05, 0.1) is 11.4 Å². The molecule has 2 aromatic carbocycles. The second-order valence-corrected chi connectivity index (χ2v) is 4.33. The van der Waals surface area contributed by atoms with Gasteiger partial charge in [-0.05, 0) is 42.2 Å². The van der Waals surface area contributed by atoms with Gasteiger partial charge in [-0.15, -0.1) is 0 Å². The van der Waals surface area contributed by atoms with Gasteiger partial charge in [-0.3, -0.25) is 0 Å². The molecule has 20 heavy (non-hydrogen) atoms. The van der Waals surface area contributed by atoms with E-state index in [1.54, 1.807) is 18.2 Å². The summed E-state index contributed by atoms with van der Waals surface area (Å²) in [5, 5.41) is 0. The fraction of sp³-hybridized carbons (Fsp3) is 0.125. The maximum absolute atomic E-state index is 10.4. The lowest BCUT2D eigenvalue weighted by atomic mass is 10.0. The van der Waals surface area contributed by atoms with Gasteiger partial charge in [0.2, 0.25) is 12.2 Å². The first kappa shape index (κ1) is 13.6. The molecule has 4 heteroatoms. The van der Waals surface area contributed by atoms with Crippen molar-refractivity contribution in [2.24, 2.45) is 9.98 Å². The number of rotatable bonds is 4. The third-order valence-corrected chi connectivity index (χ3v) is 2.98. The van der Waals surface area contributed by atoms with E-state index in [0.717, 1.165) is 16.7 Å². The highest BCUT2D eigenvalue weighted by molar-refractivity contribution is 5.57. The summed E-state index contributed by atoms with van der Waals surface area (Å²) in [6.45, 7) is 1.88. The maximum atomic E-state index is 10.4. The molecule has 4 nitrogen and oxygen atoms in total. The number of isocyanates is 2. The quantitative estimate of drug-likeness (QED) is 0.626. The van der Waals surface area contributed by atoms with Crippen LogP contribution in [0.3, 0.4) is 0 Å². The molecule has 0 unspecified atom stereocenters. The van der Waals surface area contributed by atoms with Gasteiger partial charge in [0.15, 0.2) is 0 Å². The lowest BCUT2D eigenvalue weighted by Gasteiger charge is -2.06. The summed E-state index contributed by atoms with van der Waals surface area (Å²) in [5.74, 6) is 0. The Morgan fingerprint density at radius 3 is 2.35 bits per heavy atom. The molecule has 2 rings (SSSR count). The number of aliphatic imine (C=N–C) groups is 2. The summed E-state index contributed by atoms with van der Waals surface area (Å²) in [4.78, 5) is 28.0. The first-order valence-corrected chi connectivity index (χ1v) is 6.08. The standard InChI is InChI=1S/C16H12N2O2/c1-12-8-13(6-7-15(12)17-10-19)9-14-4-2-3-5-16(14)18-11-20/h2-8H,9H2,1H3. The molecule has 0 radical (unpaired) electrons. The molecule has 0 amide bonds. The van der Waals surface area contributed by atoms with Crippen molar-refractivity contribution in [2.45, 2.75) is 13.3 Å². The van der Waals surface area contributed by atoms with E-state index in [0.29, 0.717) is 17.8 Å². The lowest BCUT2D eigenvalue weighted by molar-refractivity contribution is 0.564. The zero-order chi connectivity index (χ0) is 14.4. The van der Waals surface area contributed by atoms with Crippen molar-refractivity contribution in [1.29, 1.82) is 0 Å². The summed E-state index contributed by atoms with van der Waals surface area (Å²) in [7, 11) is 0. The van der Waals surface area contributed by atoms with Crippen molar-refractivity contribution in [3.8, 4) is 0 Å². The van der Waals surface area contributed by atoms with E-state index in [1.807, 2.05) is 37.3 Å². The van der Waals surface area contributed by atoms with Crippen LogP contribution < -0.4 is 0 Å². The van der Waals surface area contributed by atoms with Crippen LogP contribution in [0.1, 0.15) is 16.7 Å². The fourth-order valence-corrected chi connectivity index (χ4v) is 2.04. The molecule has 0 saturated heterocycles. The molecule has 0 aliphatic heterocycles. The average Bonchev–Trinajstić information content (AvgIpc) is 2.44. The Bertz CT molecular complexity index is 725. The Labute approximate surface area is 116 Å². The molecule has 0 bridgehead atoms. The van der Waals surface area contributed by atoms with Gasteiger partial charge in [-0.2, -0.15) is 9.98 Å². The van der Waals surface area contributed by atoms with Crippen LogP contribution >= 0.6 is 0 Å². The van der Waals surface area contributed by atoms with Crippen molar-refractivity contribution >= 4 is 23.5 Å². The highest BCUT2D eigenvalue weighted by Crippen LogP contribution is 2.24. The third kappa shape index (κ3) is 3.15. The number of carbonyl (C=O) groups excluding carboxylic acids is 2. The molecule has 0 heterocycles. The number of nitrogens with zero attached hydrogens (tertiary/aromatic N) is 2. The Hall–Kier alpha value is -2.80. The summed E-state index contributed by atoms with van der Waals surface area (Å²) >= 11 is 0. The Morgan fingerprint density at radius 1 is 0.950 bits per heavy atom. The third-order valence-electron chi connectivity index (χ3n) is 2.98. The average molecular weight is 264 g/mol. The van der Waals surface area contributed by atoms with E-state index >= 15 is 0 Å². The highest BCUT2D eigenvalue weighted by atomic mass is 16.1. The Balaban J connectivity index is 2.33. The molecule has 98 valence electrons. The predicted molar refractivity (Wildman–Crippen MR) is 76.0 cm³/mol. The molecule has 0 aromatic heterocycles. The summed E-state index contributed by atoms with van der Waals surface area (Å²) in [6, 6.07) is 13.0. The van der Waals surface area contributed by atoms with E-state index in [2.05, 4.69) is 9.98 Å². The minimum atomic E-state index is 0.614. The first-order chi connectivity index (χ1) is 9.74. The Morgan fingerprint density at radius 2 is 1.65 bits per heavy atom. The molecule has 0 spiro atoms. The van der Waals surface area contributed by atoms with Gasteiger partial charge in [0, 0.05) is 0 Å². The molecular weight excluding hydrogens is 252 g/mol. The highest BCUT2D eigenvalue weighted by Gasteiger charge is 2.04. The maximum Gasteiger partial charge on any atom is 0.240 e. The number of hydrogen-bond donors (Lipinski definition) is 0. The van der Waals surface area contributed by atoms with Gasteiger partial charge in [0.25, 0.3) is 0 Å². The largest absolute Gasteiger partial charge is 0.240 e. The topological polar surface area (TPSA) is 58.9 Å². The van der Waals surface area contributed by atoms with Crippen LogP contribution in [0.5, 0.6) is 0 Å². The molecule has 0 N–H and O–H groups in total. The van der Waals surface area contributed by atoms with E-state index in [-0.39, 0.29) is 0 Å². The second kappa shape index (κ2) is 6.39. The van der Waals surface area contributed by atoms with E-state index < -0.39 is 0 Å². The Kier molecular flexibility index (Phi) is 4.35. The SMILES string of the molecule is Cc1cc(Cc2ccccc2N=C=O)ccc1N=C=O. The summed E-state index contributed by atoms with van der Waals surface area (Å²) < 4.78 is 0.